The molecule has 0 unspecified atom stereocenters. The Kier molecular flexibility index (Phi) is 1.65. The van der Waals surface area contributed by atoms with Crippen LogP contribution >= 0.6 is 11.3 Å². The first-order valence-electron chi connectivity index (χ1n) is 3.39. The van der Waals surface area contributed by atoms with Crippen LogP contribution in [0.4, 0.5) is 0 Å². The van der Waals surface area contributed by atoms with E-state index in [2.05, 4.69) is 0 Å². The van der Waals surface area contributed by atoms with Gasteiger partial charge in [-0.2, -0.15) is 0 Å². The fourth-order valence-corrected chi connectivity index (χ4v) is 1.78. The second-order valence-electron chi connectivity index (χ2n) is 2.26. The van der Waals surface area contributed by atoms with Gasteiger partial charge in [0, 0.05) is 5.38 Å². The van der Waals surface area contributed by atoms with E-state index in [1.54, 1.807) is 5.38 Å². The Balaban J connectivity index is 2.44. The summed E-state index contributed by atoms with van der Waals surface area (Å²) in [5, 5.41) is 10.4. The Morgan fingerprint density at radius 3 is 3.00 bits per heavy atom. The molecule has 0 bridgehead atoms. The molecule has 0 radical (unpaired) electrons. The molecule has 0 spiro atoms. The molecular weight excluding hydrogens is 180 g/mol. The Hall–Kier alpha value is -1.23. The van der Waals surface area contributed by atoms with E-state index in [0.717, 1.165) is 11.3 Å². The normalized spacial score (nSPS) is 14.3. The van der Waals surface area contributed by atoms with Gasteiger partial charge in [-0.15, -0.1) is 11.3 Å². The van der Waals surface area contributed by atoms with Gasteiger partial charge in [-0.1, -0.05) is 0 Å². The van der Waals surface area contributed by atoms with Gasteiger partial charge in [0.05, 0.1) is 0 Å². The number of fused-ring (bicyclic) bond motifs is 1. The molecule has 0 saturated carbocycles. The maximum atomic E-state index is 10.6. The molecule has 0 amide bonds. The lowest BCUT2D eigenvalue weighted by Gasteiger charge is -2.14. The van der Waals surface area contributed by atoms with Gasteiger partial charge in [0.25, 0.3) is 0 Å². The van der Waals surface area contributed by atoms with Gasteiger partial charge >= 0.3 is 5.97 Å². The number of hydrogen-bond acceptors (Lipinski definition) is 4. The third-order valence-electron chi connectivity index (χ3n) is 1.50. The molecule has 0 aromatic carbocycles. The van der Waals surface area contributed by atoms with Crippen LogP contribution < -0.4 is 9.47 Å². The SMILES string of the molecule is O=C(O)c1scc2c1OCCO2. The summed E-state index contributed by atoms with van der Waals surface area (Å²) in [5.74, 6) is -0.0471. The van der Waals surface area contributed by atoms with E-state index < -0.39 is 5.97 Å². The van der Waals surface area contributed by atoms with E-state index in [4.69, 9.17) is 14.6 Å². The molecule has 12 heavy (non-hydrogen) atoms. The van der Waals surface area contributed by atoms with Gasteiger partial charge in [-0.3, -0.25) is 0 Å². The lowest BCUT2D eigenvalue weighted by Crippen LogP contribution is -2.15. The minimum atomic E-state index is -0.966. The lowest BCUT2D eigenvalue weighted by atomic mass is 10.4. The molecule has 0 aliphatic carbocycles. The fourth-order valence-electron chi connectivity index (χ4n) is 1.01. The van der Waals surface area contributed by atoms with Crippen LogP contribution in [0.15, 0.2) is 5.38 Å². The van der Waals surface area contributed by atoms with Crippen molar-refractivity contribution < 1.29 is 19.4 Å². The molecular formula is C7H6O4S. The summed E-state index contributed by atoms with van der Waals surface area (Å²) in [6, 6.07) is 0. The Morgan fingerprint density at radius 2 is 2.25 bits per heavy atom. The molecule has 5 heteroatoms. The van der Waals surface area contributed by atoms with Crippen molar-refractivity contribution in [3.63, 3.8) is 0 Å². The fraction of sp³-hybridized carbons (Fsp3) is 0.286. The smallest absolute Gasteiger partial charge is 0.349 e. The number of carbonyl (C=O) groups is 1. The predicted molar refractivity (Wildman–Crippen MR) is 42.3 cm³/mol. The monoisotopic (exact) mass is 186 g/mol. The van der Waals surface area contributed by atoms with Crippen molar-refractivity contribution in [1.29, 1.82) is 0 Å². The van der Waals surface area contributed by atoms with E-state index in [-0.39, 0.29) is 4.88 Å². The molecule has 2 rings (SSSR count). The molecule has 64 valence electrons. The van der Waals surface area contributed by atoms with Crippen LogP contribution in [0.1, 0.15) is 9.67 Å². The standard InChI is InChI=1S/C7H6O4S/c8-7(9)6-5-4(3-12-6)10-1-2-11-5/h3H,1-2H2,(H,8,9). The summed E-state index contributed by atoms with van der Waals surface area (Å²) >= 11 is 1.12. The van der Waals surface area contributed by atoms with Gasteiger partial charge in [-0.05, 0) is 0 Å². The van der Waals surface area contributed by atoms with Gasteiger partial charge in [0.2, 0.25) is 0 Å². The second kappa shape index (κ2) is 2.67. The molecule has 0 atom stereocenters. The highest BCUT2D eigenvalue weighted by atomic mass is 32.1. The first-order chi connectivity index (χ1) is 5.79. The van der Waals surface area contributed by atoms with Crippen LogP contribution in [-0.4, -0.2) is 24.3 Å². The van der Waals surface area contributed by atoms with E-state index in [9.17, 15) is 4.79 Å². The third kappa shape index (κ3) is 1.02. The summed E-state index contributed by atoms with van der Waals surface area (Å²) in [6.07, 6.45) is 0. The maximum Gasteiger partial charge on any atom is 0.349 e. The van der Waals surface area contributed by atoms with Gasteiger partial charge in [0.15, 0.2) is 16.4 Å². The van der Waals surface area contributed by atoms with E-state index in [1.807, 2.05) is 0 Å². The third-order valence-corrected chi connectivity index (χ3v) is 2.42. The molecule has 1 aliphatic heterocycles. The number of carboxylic acids is 1. The number of rotatable bonds is 1. The highest BCUT2D eigenvalue weighted by Crippen LogP contribution is 2.38. The quantitative estimate of drug-likeness (QED) is 0.716. The largest absolute Gasteiger partial charge is 0.485 e. The second-order valence-corrected chi connectivity index (χ2v) is 3.14. The molecule has 0 fully saturated rings. The zero-order valence-electron chi connectivity index (χ0n) is 6.07. The molecule has 0 saturated heterocycles. The molecule has 1 aromatic heterocycles. The molecule has 1 aromatic rings. The van der Waals surface area contributed by atoms with E-state index >= 15 is 0 Å². The van der Waals surface area contributed by atoms with E-state index in [0.29, 0.717) is 24.7 Å². The Bertz CT molecular complexity index is 317. The molecule has 2 heterocycles. The minimum absolute atomic E-state index is 0.213. The number of ether oxygens (including phenoxy) is 2. The van der Waals surface area contributed by atoms with Crippen molar-refractivity contribution in [2.75, 3.05) is 13.2 Å². The summed E-state index contributed by atoms with van der Waals surface area (Å²) in [7, 11) is 0. The van der Waals surface area contributed by atoms with Crippen LogP contribution in [-0.2, 0) is 0 Å². The number of thiophene rings is 1. The predicted octanol–water partition coefficient (Wildman–Crippen LogP) is 1.22. The van der Waals surface area contributed by atoms with Crippen LogP contribution in [0.3, 0.4) is 0 Å². The van der Waals surface area contributed by atoms with Gasteiger partial charge in [-0.25, -0.2) is 4.79 Å². The van der Waals surface area contributed by atoms with Crippen LogP contribution in [0.25, 0.3) is 0 Å². The summed E-state index contributed by atoms with van der Waals surface area (Å²) < 4.78 is 10.3. The summed E-state index contributed by atoms with van der Waals surface area (Å²) in [6.45, 7) is 0.910. The van der Waals surface area contributed by atoms with Crippen molar-refractivity contribution in [3.05, 3.63) is 10.3 Å². The summed E-state index contributed by atoms with van der Waals surface area (Å²) in [4.78, 5) is 10.8. The number of aromatic carboxylic acids is 1. The van der Waals surface area contributed by atoms with Crippen LogP contribution in [0, 0.1) is 0 Å². The van der Waals surface area contributed by atoms with Crippen LogP contribution in [0.5, 0.6) is 11.5 Å². The van der Waals surface area contributed by atoms with Gasteiger partial charge in [0.1, 0.15) is 13.2 Å². The molecule has 1 N–H and O–H groups in total. The summed E-state index contributed by atoms with van der Waals surface area (Å²) in [5.41, 5.74) is 0. The highest BCUT2D eigenvalue weighted by Gasteiger charge is 2.22. The minimum Gasteiger partial charge on any atom is -0.485 e. The zero-order valence-corrected chi connectivity index (χ0v) is 6.89. The van der Waals surface area contributed by atoms with E-state index in [1.165, 1.54) is 0 Å². The Morgan fingerprint density at radius 1 is 1.50 bits per heavy atom. The maximum absolute atomic E-state index is 10.6. The van der Waals surface area contributed by atoms with Crippen LogP contribution in [0.2, 0.25) is 0 Å². The first-order valence-corrected chi connectivity index (χ1v) is 4.27. The van der Waals surface area contributed by atoms with Gasteiger partial charge < -0.3 is 14.6 Å². The highest BCUT2D eigenvalue weighted by molar-refractivity contribution is 7.12. The molecule has 4 nitrogen and oxygen atoms in total. The number of hydrogen-bond donors (Lipinski definition) is 1. The van der Waals surface area contributed by atoms with Crippen molar-refractivity contribution in [1.82, 2.24) is 0 Å². The Labute approximate surface area is 72.3 Å². The zero-order chi connectivity index (χ0) is 8.55. The van der Waals surface area contributed by atoms with Crippen molar-refractivity contribution in [2.45, 2.75) is 0 Å². The topological polar surface area (TPSA) is 55.8 Å². The van der Waals surface area contributed by atoms with Crippen molar-refractivity contribution in [2.24, 2.45) is 0 Å². The molecule has 1 aliphatic rings. The number of carboxylic acid groups (broad SMARTS) is 1. The average molecular weight is 186 g/mol. The lowest BCUT2D eigenvalue weighted by molar-refractivity contribution is 0.0693. The van der Waals surface area contributed by atoms with Crippen molar-refractivity contribution in [3.8, 4) is 11.5 Å². The first kappa shape index (κ1) is 7.42. The average Bonchev–Trinajstić information content (AvgIpc) is 2.47. The van der Waals surface area contributed by atoms with Crippen molar-refractivity contribution >= 4 is 17.3 Å².